The van der Waals surface area contributed by atoms with Crippen LogP contribution in [0.15, 0.2) is 36.4 Å². The summed E-state index contributed by atoms with van der Waals surface area (Å²) in [5.74, 6) is -2.01. The zero-order chi connectivity index (χ0) is 17.5. The van der Waals surface area contributed by atoms with Gasteiger partial charge >= 0.3 is 6.18 Å². The van der Waals surface area contributed by atoms with Crippen molar-refractivity contribution in [2.75, 3.05) is 0 Å². The summed E-state index contributed by atoms with van der Waals surface area (Å²) in [6, 6.07) is 6.67. The van der Waals surface area contributed by atoms with Crippen molar-refractivity contribution in [2.45, 2.75) is 25.1 Å². The van der Waals surface area contributed by atoms with E-state index in [-0.39, 0.29) is 11.3 Å². The summed E-state index contributed by atoms with van der Waals surface area (Å²) >= 11 is 0. The molecule has 0 radical (unpaired) electrons. The second-order valence-electron chi connectivity index (χ2n) is 5.60. The molecule has 2 N–H and O–H groups in total. The lowest BCUT2D eigenvalue weighted by atomic mass is 10.1. The zero-order valence-electron chi connectivity index (χ0n) is 12.3. The lowest BCUT2D eigenvalue weighted by Crippen LogP contribution is -2.27. The van der Waals surface area contributed by atoms with Crippen LogP contribution in [0.25, 0.3) is 0 Å². The molecule has 0 bridgehead atoms. The number of nitrogens with one attached hydrogen (secondary N) is 1. The van der Waals surface area contributed by atoms with Gasteiger partial charge in [0.25, 0.3) is 5.91 Å². The number of carbonyl (C=O) groups is 1. The number of phenols is 1. The second kappa shape index (κ2) is 5.81. The molecular formula is C17H13F4NO2. The van der Waals surface area contributed by atoms with Crippen LogP contribution in [0.4, 0.5) is 17.6 Å². The summed E-state index contributed by atoms with van der Waals surface area (Å²) in [5, 5.41) is 12.4. The average Bonchev–Trinajstić information content (AvgIpc) is 2.91. The SMILES string of the molecule is O=C(NC1CCc2c(O)cccc21)c1ccc(F)c(C(F)(F)F)c1. The Kier molecular flexibility index (Phi) is 3.95. The fourth-order valence-electron chi connectivity index (χ4n) is 2.91. The van der Waals surface area contributed by atoms with Gasteiger partial charge in [-0.05, 0) is 48.2 Å². The summed E-state index contributed by atoms with van der Waals surface area (Å²) in [5.41, 5.74) is -0.281. The molecule has 0 aliphatic heterocycles. The van der Waals surface area contributed by atoms with Crippen LogP contribution < -0.4 is 5.32 Å². The van der Waals surface area contributed by atoms with E-state index in [0.29, 0.717) is 25.0 Å². The van der Waals surface area contributed by atoms with E-state index in [9.17, 15) is 27.5 Å². The van der Waals surface area contributed by atoms with E-state index >= 15 is 0 Å². The molecule has 24 heavy (non-hydrogen) atoms. The van der Waals surface area contributed by atoms with Crippen LogP contribution in [0, 0.1) is 5.82 Å². The van der Waals surface area contributed by atoms with Crippen LogP contribution in [0.1, 0.15) is 39.5 Å². The number of carbonyl (C=O) groups excluding carboxylic acids is 1. The maximum Gasteiger partial charge on any atom is 0.419 e. The van der Waals surface area contributed by atoms with Gasteiger partial charge in [-0.2, -0.15) is 13.2 Å². The van der Waals surface area contributed by atoms with Crippen molar-refractivity contribution in [3.8, 4) is 5.75 Å². The van der Waals surface area contributed by atoms with Crippen LogP contribution in [0.2, 0.25) is 0 Å². The van der Waals surface area contributed by atoms with Crippen molar-refractivity contribution in [3.05, 3.63) is 64.5 Å². The largest absolute Gasteiger partial charge is 0.508 e. The normalized spacial score (nSPS) is 16.8. The van der Waals surface area contributed by atoms with Gasteiger partial charge in [-0.3, -0.25) is 4.79 Å². The minimum absolute atomic E-state index is 0.130. The molecule has 0 heterocycles. The van der Waals surface area contributed by atoms with Gasteiger partial charge in [0.05, 0.1) is 11.6 Å². The Bertz CT molecular complexity index is 802. The van der Waals surface area contributed by atoms with E-state index in [1.807, 2.05) is 0 Å². The number of amides is 1. The van der Waals surface area contributed by atoms with Gasteiger partial charge in [0, 0.05) is 5.56 Å². The maximum atomic E-state index is 13.3. The first kappa shape index (κ1) is 16.3. The minimum atomic E-state index is -4.87. The summed E-state index contributed by atoms with van der Waals surface area (Å²) in [7, 11) is 0. The standard InChI is InChI=1S/C17H13F4NO2/c18-13-6-4-9(8-12(13)17(19,20)21)16(24)22-14-7-5-11-10(14)2-1-3-15(11)23/h1-4,6,8,14,23H,5,7H2,(H,22,24). The molecule has 1 aliphatic rings. The Morgan fingerprint density at radius 3 is 2.67 bits per heavy atom. The topological polar surface area (TPSA) is 49.3 Å². The number of alkyl halides is 3. The third kappa shape index (κ3) is 2.93. The number of benzene rings is 2. The molecule has 0 aromatic heterocycles. The van der Waals surface area contributed by atoms with Gasteiger partial charge in [-0.1, -0.05) is 12.1 Å². The van der Waals surface area contributed by atoms with Gasteiger partial charge in [-0.25, -0.2) is 4.39 Å². The average molecular weight is 339 g/mol. The Hall–Kier alpha value is -2.57. The van der Waals surface area contributed by atoms with Gasteiger partial charge in [-0.15, -0.1) is 0 Å². The molecule has 0 saturated heterocycles. The van der Waals surface area contributed by atoms with Crippen molar-refractivity contribution in [1.29, 1.82) is 0 Å². The molecule has 1 amide bonds. The number of rotatable bonds is 2. The highest BCUT2D eigenvalue weighted by Gasteiger charge is 2.35. The number of fused-ring (bicyclic) bond motifs is 1. The summed E-state index contributed by atoms with van der Waals surface area (Å²) in [6.45, 7) is 0. The van der Waals surface area contributed by atoms with E-state index < -0.39 is 29.5 Å². The van der Waals surface area contributed by atoms with Crippen molar-refractivity contribution >= 4 is 5.91 Å². The van der Waals surface area contributed by atoms with Gasteiger partial charge in [0.2, 0.25) is 0 Å². The highest BCUT2D eigenvalue weighted by Crippen LogP contribution is 2.36. The summed E-state index contributed by atoms with van der Waals surface area (Å²) in [4.78, 5) is 12.2. The number of hydrogen-bond acceptors (Lipinski definition) is 2. The fraction of sp³-hybridized carbons (Fsp3) is 0.235. The predicted molar refractivity (Wildman–Crippen MR) is 78.0 cm³/mol. The summed E-state index contributed by atoms with van der Waals surface area (Å²) in [6.07, 6.45) is -3.78. The first-order chi connectivity index (χ1) is 11.3. The van der Waals surface area contributed by atoms with Crippen LogP contribution in [0.3, 0.4) is 0 Å². The van der Waals surface area contributed by atoms with Crippen LogP contribution in [-0.4, -0.2) is 11.0 Å². The highest BCUT2D eigenvalue weighted by molar-refractivity contribution is 5.94. The Morgan fingerprint density at radius 2 is 1.96 bits per heavy atom. The summed E-state index contributed by atoms with van der Waals surface area (Å²) < 4.78 is 51.5. The molecule has 7 heteroatoms. The Labute approximate surface area is 134 Å². The second-order valence-corrected chi connectivity index (χ2v) is 5.60. The van der Waals surface area contributed by atoms with Gasteiger partial charge < -0.3 is 10.4 Å². The van der Waals surface area contributed by atoms with Crippen molar-refractivity contribution < 1.29 is 27.5 Å². The molecule has 2 aromatic carbocycles. The van der Waals surface area contributed by atoms with E-state index in [1.54, 1.807) is 18.2 Å². The Morgan fingerprint density at radius 1 is 1.21 bits per heavy atom. The molecule has 1 atom stereocenters. The monoisotopic (exact) mass is 339 g/mol. The molecule has 3 nitrogen and oxygen atoms in total. The van der Waals surface area contributed by atoms with E-state index in [1.165, 1.54) is 0 Å². The molecule has 0 spiro atoms. The van der Waals surface area contributed by atoms with E-state index in [2.05, 4.69) is 5.32 Å². The number of hydrogen-bond donors (Lipinski definition) is 2. The smallest absolute Gasteiger partial charge is 0.419 e. The Balaban J connectivity index is 1.84. The number of phenolic OH excluding ortho intramolecular Hbond substituents is 1. The molecule has 126 valence electrons. The van der Waals surface area contributed by atoms with E-state index in [4.69, 9.17) is 0 Å². The first-order valence-electron chi connectivity index (χ1n) is 7.25. The number of halogens is 4. The van der Waals surface area contributed by atoms with Crippen molar-refractivity contribution in [1.82, 2.24) is 5.32 Å². The van der Waals surface area contributed by atoms with Crippen molar-refractivity contribution in [3.63, 3.8) is 0 Å². The van der Waals surface area contributed by atoms with Gasteiger partial charge in [0.15, 0.2) is 0 Å². The highest BCUT2D eigenvalue weighted by atomic mass is 19.4. The third-order valence-corrected chi connectivity index (χ3v) is 4.09. The third-order valence-electron chi connectivity index (χ3n) is 4.09. The van der Waals surface area contributed by atoms with Crippen molar-refractivity contribution in [2.24, 2.45) is 0 Å². The molecular weight excluding hydrogens is 326 g/mol. The predicted octanol–water partition coefficient (Wildman–Crippen LogP) is 3.97. The molecule has 1 aliphatic carbocycles. The maximum absolute atomic E-state index is 13.3. The number of aromatic hydroxyl groups is 1. The quantitative estimate of drug-likeness (QED) is 0.814. The molecule has 0 fully saturated rings. The van der Waals surface area contributed by atoms with E-state index in [0.717, 1.165) is 17.2 Å². The molecule has 1 unspecified atom stereocenters. The lowest BCUT2D eigenvalue weighted by molar-refractivity contribution is -0.140. The van der Waals surface area contributed by atoms with Gasteiger partial charge in [0.1, 0.15) is 11.6 Å². The van der Waals surface area contributed by atoms with Crippen LogP contribution in [0.5, 0.6) is 5.75 Å². The minimum Gasteiger partial charge on any atom is -0.508 e. The van der Waals surface area contributed by atoms with Crippen LogP contribution in [-0.2, 0) is 12.6 Å². The molecule has 0 saturated carbocycles. The molecule has 2 aromatic rings. The zero-order valence-corrected chi connectivity index (χ0v) is 12.3. The van der Waals surface area contributed by atoms with Crippen LogP contribution >= 0.6 is 0 Å². The molecule has 3 rings (SSSR count). The lowest BCUT2D eigenvalue weighted by Gasteiger charge is -2.15. The first-order valence-corrected chi connectivity index (χ1v) is 7.25. The fourth-order valence-corrected chi connectivity index (χ4v) is 2.91.